The first-order valence-corrected chi connectivity index (χ1v) is 8.68. The van der Waals surface area contributed by atoms with Gasteiger partial charge < -0.3 is 5.32 Å². The Morgan fingerprint density at radius 1 is 1.12 bits per heavy atom. The third-order valence-electron chi connectivity index (χ3n) is 4.73. The van der Waals surface area contributed by atoms with Crippen molar-refractivity contribution in [3.63, 3.8) is 0 Å². The van der Waals surface area contributed by atoms with Crippen molar-refractivity contribution in [2.24, 2.45) is 5.92 Å². The second-order valence-corrected chi connectivity index (χ2v) is 6.56. The van der Waals surface area contributed by atoms with Crippen molar-refractivity contribution < 1.29 is 4.79 Å². The molecule has 1 saturated heterocycles. The van der Waals surface area contributed by atoms with Crippen molar-refractivity contribution in [1.29, 1.82) is 10.5 Å². The number of hydrogen-bond acceptors (Lipinski definition) is 4. The van der Waals surface area contributed by atoms with Crippen LogP contribution in [0, 0.1) is 28.6 Å². The summed E-state index contributed by atoms with van der Waals surface area (Å²) in [6, 6.07) is 18.6. The van der Waals surface area contributed by atoms with E-state index in [4.69, 9.17) is 5.26 Å². The van der Waals surface area contributed by atoms with Gasteiger partial charge in [0.25, 0.3) is 5.91 Å². The van der Waals surface area contributed by atoms with E-state index in [-0.39, 0.29) is 5.91 Å². The zero-order chi connectivity index (χ0) is 18.4. The van der Waals surface area contributed by atoms with Crippen molar-refractivity contribution in [3.8, 4) is 12.1 Å². The van der Waals surface area contributed by atoms with Gasteiger partial charge in [0.05, 0.1) is 23.3 Å². The van der Waals surface area contributed by atoms with E-state index < -0.39 is 0 Å². The normalized spacial score (nSPS) is 16.6. The number of benzene rings is 2. The first kappa shape index (κ1) is 17.7. The standard InChI is InChI=1S/C21H20N4O/c22-11-16-5-7-18(8-6-16)21(26)24-13-17-9-10-25(14-17)15-20-4-2-1-3-19(20)12-23/h1-8,17H,9-10,13-15H2,(H,24,26). The zero-order valence-electron chi connectivity index (χ0n) is 14.5. The molecule has 0 aromatic heterocycles. The topological polar surface area (TPSA) is 79.9 Å². The Balaban J connectivity index is 1.49. The highest BCUT2D eigenvalue weighted by Crippen LogP contribution is 2.19. The Hall–Kier alpha value is -3.15. The Morgan fingerprint density at radius 2 is 1.88 bits per heavy atom. The summed E-state index contributed by atoms with van der Waals surface area (Å²) in [5, 5.41) is 21.0. The average Bonchev–Trinajstić information content (AvgIpc) is 3.14. The van der Waals surface area contributed by atoms with Gasteiger partial charge in [-0.2, -0.15) is 10.5 Å². The predicted molar refractivity (Wildman–Crippen MR) is 98.0 cm³/mol. The van der Waals surface area contributed by atoms with Gasteiger partial charge in [0.2, 0.25) is 0 Å². The molecule has 1 N–H and O–H groups in total. The van der Waals surface area contributed by atoms with E-state index in [2.05, 4.69) is 16.3 Å². The van der Waals surface area contributed by atoms with Crippen molar-refractivity contribution in [2.45, 2.75) is 13.0 Å². The highest BCUT2D eigenvalue weighted by Gasteiger charge is 2.23. The number of rotatable bonds is 5. The van der Waals surface area contributed by atoms with Crippen LogP contribution in [-0.2, 0) is 6.54 Å². The van der Waals surface area contributed by atoms with Crippen LogP contribution in [0.3, 0.4) is 0 Å². The minimum atomic E-state index is -0.109. The molecule has 5 heteroatoms. The van der Waals surface area contributed by atoms with Crippen molar-refractivity contribution >= 4 is 5.91 Å². The summed E-state index contributed by atoms with van der Waals surface area (Å²) in [7, 11) is 0. The average molecular weight is 344 g/mol. The lowest BCUT2D eigenvalue weighted by Crippen LogP contribution is -2.31. The first-order chi connectivity index (χ1) is 12.7. The Labute approximate surface area is 153 Å². The van der Waals surface area contributed by atoms with Gasteiger partial charge in [0.15, 0.2) is 0 Å². The summed E-state index contributed by atoms with van der Waals surface area (Å²) in [5.74, 6) is 0.300. The van der Waals surface area contributed by atoms with Gasteiger partial charge >= 0.3 is 0 Å². The third kappa shape index (κ3) is 4.27. The van der Waals surface area contributed by atoms with Crippen LogP contribution in [0.5, 0.6) is 0 Å². The van der Waals surface area contributed by atoms with Gasteiger partial charge in [-0.05, 0) is 54.8 Å². The molecule has 0 aliphatic carbocycles. The molecule has 3 rings (SSSR count). The maximum atomic E-state index is 12.2. The number of likely N-dealkylation sites (tertiary alicyclic amines) is 1. The molecule has 130 valence electrons. The summed E-state index contributed by atoms with van der Waals surface area (Å²) >= 11 is 0. The largest absolute Gasteiger partial charge is 0.352 e. The summed E-state index contributed by atoms with van der Waals surface area (Å²) in [5.41, 5.74) is 2.90. The Bertz CT molecular complexity index is 861. The smallest absolute Gasteiger partial charge is 0.251 e. The summed E-state index contributed by atoms with van der Waals surface area (Å²) in [6.07, 6.45) is 1.03. The third-order valence-corrected chi connectivity index (χ3v) is 4.73. The van der Waals surface area contributed by atoms with Gasteiger partial charge in [-0.15, -0.1) is 0 Å². The van der Waals surface area contributed by atoms with E-state index in [1.807, 2.05) is 30.3 Å². The molecule has 1 heterocycles. The lowest BCUT2D eigenvalue weighted by atomic mass is 10.1. The highest BCUT2D eigenvalue weighted by molar-refractivity contribution is 5.94. The van der Waals surface area contributed by atoms with Gasteiger partial charge in [-0.3, -0.25) is 9.69 Å². The zero-order valence-corrected chi connectivity index (χ0v) is 14.5. The fourth-order valence-electron chi connectivity index (χ4n) is 3.27. The molecule has 0 saturated carbocycles. The molecule has 1 amide bonds. The highest BCUT2D eigenvalue weighted by atomic mass is 16.1. The van der Waals surface area contributed by atoms with E-state index >= 15 is 0 Å². The minimum absolute atomic E-state index is 0.109. The molecule has 1 fully saturated rings. The maximum absolute atomic E-state index is 12.2. The quantitative estimate of drug-likeness (QED) is 0.904. The molecule has 2 aromatic rings. The van der Waals surface area contributed by atoms with Crippen LogP contribution in [0.1, 0.15) is 33.5 Å². The van der Waals surface area contributed by atoms with Crippen LogP contribution in [-0.4, -0.2) is 30.4 Å². The fraction of sp³-hybridized carbons (Fsp3) is 0.286. The SMILES string of the molecule is N#Cc1ccc(C(=O)NCC2CCN(Cc3ccccc3C#N)C2)cc1. The number of carbonyl (C=O) groups is 1. The molecular formula is C21H20N4O. The van der Waals surface area contributed by atoms with Crippen LogP contribution < -0.4 is 5.32 Å². The minimum Gasteiger partial charge on any atom is -0.352 e. The summed E-state index contributed by atoms with van der Waals surface area (Å²) in [4.78, 5) is 14.5. The van der Waals surface area contributed by atoms with E-state index in [0.29, 0.717) is 23.6 Å². The number of nitriles is 2. The lowest BCUT2D eigenvalue weighted by molar-refractivity contribution is 0.0947. The van der Waals surface area contributed by atoms with Gasteiger partial charge in [-0.1, -0.05) is 18.2 Å². The molecule has 0 spiro atoms. The predicted octanol–water partition coefficient (Wildman–Crippen LogP) is 2.68. The number of nitrogens with one attached hydrogen (secondary N) is 1. The Kier molecular flexibility index (Phi) is 5.63. The van der Waals surface area contributed by atoms with E-state index in [9.17, 15) is 10.1 Å². The molecule has 1 unspecified atom stereocenters. The fourth-order valence-corrected chi connectivity index (χ4v) is 3.27. The maximum Gasteiger partial charge on any atom is 0.251 e. The van der Waals surface area contributed by atoms with Crippen molar-refractivity contribution in [3.05, 3.63) is 70.8 Å². The van der Waals surface area contributed by atoms with Gasteiger partial charge in [0, 0.05) is 25.2 Å². The van der Waals surface area contributed by atoms with Crippen LogP contribution >= 0.6 is 0 Å². The van der Waals surface area contributed by atoms with Crippen LogP contribution in [0.25, 0.3) is 0 Å². The lowest BCUT2D eigenvalue weighted by Gasteiger charge is -2.17. The number of hydrogen-bond donors (Lipinski definition) is 1. The number of amides is 1. The molecule has 1 atom stereocenters. The second kappa shape index (κ2) is 8.29. The van der Waals surface area contributed by atoms with Crippen molar-refractivity contribution in [1.82, 2.24) is 10.2 Å². The Morgan fingerprint density at radius 3 is 2.62 bits per heavy atom. The summed E-state index contributed by atoms with van der Waals surface area (Å²) < 4.78 is 0. The molecule has 1 aliphatic heterocycles. The van der Waals surface area contributed by atoms with E-state index in [1.165, 1.54) is 0 Å². The number of nitrogens with zero attached hydrogens (tertiary/aromatic N) is 3. The first-order valence-electron chi connectivity index (χ1n) is 8.68. The monoisotopic (exact) mass is 344 g/mol. The molecule has 0 bridgehead atoms. The van der Waals surface area contributed by atoms with Gasteiger partial charge in [-0.25, -0.2) is 0 Å². The summed E-state index contributed by atoms with van der Waals surface area (Å²) in [6.45, 7) is 3.28. The molecule has 5 nitrogen and oxygen atoms in total. The molecular weight excluding hydrogens is 324 g/mol. The molecule has 2 aromatic carbocycles. The van der Waals surface area contributed by atoms with Crippen LogP contribution in [0.15, 0.2) is 48.5 Å². The van der Waals surface area contributed by atoms with Crippen LogP contribution in [0.2, 0.25) is 0 Å². The van der Waals surface area contributed by atoms with Crippen LogP contribution in [0.4, 0.5) is 0 Å². The van der Waals surface area contributed by atoms with E-state index in [1.54, 1.807) is 24.3 Å². The van der Waals surface area contributed by atoms with Gasteiger partial charge in [0.1, 0.15) is 0 Å². The van der Waals surface area contributed by atoms with Crippen molar-refractivity contribution in [2.75, 3.05) is 19.6 Å². The second-order valence-electron chi connectivity index (χ2n) is 6.56. The van der Waals surface area contributed by atoms with E-state index in [0.717, 1.165) is 37.2 Å². The molecule has 26 heavy (non-hydrogen) atoms. The number of carbonyl (C=O) groups excluding carboxylic acids is 1. The molecule has 1 aliphatic rings. The molecule has 0 radical (unpaired) electrons.